The van der Waals surface area contributed by atoms with Crippen LogP contribution in [-0.4, -0.2) is 32.7 Å². The van der Waals surface area contributed by atoms with Crippen molar-refractivity contribution in [1.82, 2.24) is 9.97 Å². The Labute approximate surface area is 129 Å². The first kappa shape index (κ1) is 15.4. The number of aromatic nitrogens is 2. The molecule has 8 heteroatoms. The first-order chi connectivity index (χ1) is 10.9. The third kappa shape index (κ3) is 3.16. The van der Waals surface area contributed by atoms with E-state index in [9.17, 15) is 18.3 Å². The van der Waals surface area contributed by atoms with Gasteiger partial charge in [0.05, 0.1) is 12.1 Å². The SMILES string of the molecule is OC1(C(F)(F)F)CC(c2ccc(Cc3cncnc3)cc2)=NO1. The first-order valence-corrected chi connectivity index (χ1v) is 6.75. The Morgan fingerprint density at radius 2 is 1.74 bits per heavy atom. The number of nitrogens with zero attached hydrogens (tertiary/aromatic N) is 3. The molecule has 0 amide bonds. The quantitative estimate of drug-likeness (QED) is 0.942. The predicted molar refractivity (Wildman–Crippen MR) is 74.5 cm³/mol. The summed E-state index contributed by atoms with van der Waals surface area (Å²) in [6.45, 7) is 0. The van der Waals surface area contributed by atoms with E-state index in [2.05, 4.69) is 20.0 Å². The molecule has 1 unspecified atom stereocenters. The summed E-state index contributed by atoms with van der Waals surface area (Å²) < 4.78 is 38.0. The summed E-state index contributed by atoms with van der Waals surface area (Å²) in [5.41, 5.74) is 2.40. The van der Waals surface area contributed by atoms with Crippen molar-refractivity contribution < 1.29 is 23.1 Å². The Hall–Kier alpha value is -2.48. The van der Waals surface area contributed by atoms with Gasteiger partial charge in [-0.3, -0.25) is 0 Å². The van der Waals surface area contributed by atoms with Gasteiger partial charge in [-0.15, -0.1) is 0 Å². The molecule has 0 saturated carbocycles. The molecule has 120 valence electrons. The van der Waals surface area contributed by atoms with Crippen molar-refractivity contribution in [2.75, 3.05) is 0 Å². The summed E-state index contributed by atoms with van der Waals surface area (Å²) in [4.78, 5) is 12.0. The van der Waals surface area contributed by atoms with Gasteiger partial charge in [0.1, 0.15) is 6.33 Å². The third-order valence-electron chi connectivity index (χ3n) is 3.47. The molecule has 0 fully saturated rings. The largest absolute Gasteiger partial charge is 0.458 e. The average Bonchev–Trinajstić information content (AvgIpc) is 2.93. The van der Waals surface area contributed by atoms with Crippen molar-refractivity contribution in [3.8, 4) is 0 Å². The zero-order chi connectivity index (χ0) is 16.5. The van der Waals surface area contributed by atoms with E-state index < -0.39 is 18.4 Å². The number of hydrogen-bond donors (Lipinski definition) is 1. The molecule has 0 spiro atoms. The number of hydrogen-bond acceptors (Lipinski definition) is 5. The van der Waals surface area contributed by atoms with Crippen LogP contribution in [0.1, 0.15) is 23.1 Å². The third-order valence-corrected chi connectivity index (χ3v) is 3.47. The second kappa shape index (κ2) is 5.62. The maximum Gasteiger partial charge on any atom is 0.458 e. The zero-order valence-corrected chi connectivity index (χ0v) is 11.8. The summed E-state index contributed by atoms with van der Waals surface area (Å²) in [7, 11) is 0. The Morgan fingerprint density at radius 3 is 2.30 bits per heavy atom. The lowest BCUT2D eigenvalue weighted by molar-refractivity contribution is -0.355. The van der Waals surface area contributed by atoms with Crippen LogP contribution in [0.5, 0.6) is 0 Å². The topological polar surface area (TPSA) is 67.6 Å². The van der Waals surface area contributed by atoms with Crippen LogP contribution in [0.2, 0.25) is 0 Å². The lowest BCUT2D eigenvalue weighted by Crippen LogP contribution is -2.45. The maximum absolute atomic E-state index is 12.7. The number of benzene rings is 1. The van der Waals surface area contributed by atoms with Gasteiger partial charge in [0.15, 0.2) is 0 Å². The second-order valence-electron chi connectivity index (χ2n) is 5.21. The van der Waals surface area contributed by atoms with Gasteiger partial charge in [-0.1, -0.05) is 29.4 Å². The van der Waals surface area contributed by atoms with Crippen LogP contribution >= 0.6 is 0 Å². The lowest BCUT2D eigenvalue weighted by Gasteiger charge is -2.22. The summed E-state index contributed by atoms with van der Waals surface area (Å²) in [5.74, 6) is -3.25. The van der Waals surface area contributed by atoms with E-state index in [-0.39, 0.29) is 5.71 Å². The van der Waals surface area contributed by atoms with Gasteiger partial charge < -0.3 is 9.94 Å². The van der Waals surface area contributed by atoms with E-state index >= 15 is 0 Å². The van der Waals surface area contributed by atoms with Crippen molar-refractivity contribution >= 4 is 5.71 Å². The van der Waals surface area contributed by atoms with Gasteiger partial charge in [0.25, 0.3) is 0 Å². The molecule has 1 aromatic heterocycles. The smallest absolute Gasteiger partial charge is 0.350 e. The molecule has 2 aromatic rings. The predicted octanol–water partition coefficient (Wildman–Crippen LogP) is 2.44. The Bertz CT molecular complexity index is 717. The molecular formula is C15H12F3N3O2. The van der Waals surface area contributed by atoms with E-state index in [4.69, 9.17) is 0 Å². The van der Waals surface area contributed by atoms with Crippen molar-refractivity contribution in [3.63, 3.8) is 0 Å². The summed E-state index contributed by atoms with van der Waals surface area (Å²) in [6, 6.07) is 6.83. The van der Waals surface area contributed by atoms with Gasteiger partial charge in [0.2, 0.25) is 0 Å². The fourth-order valence-electron chi connectivity index (χ4n) is 2.20. The molecule has 0 aliphatic carbocycles. The zero-order valence-electron chi connectivity index (χ0n) is 11.8. The number of alkyl halides is 3. The minimum absolute atomic E-state index is 0.0550. The number of aliphatic hydroxyl groups is 1. The van der Waals surface area contributed by atoms with E-state index in [1.54, 1.807) is 36.7 Å². The summed E-state index contributed by atoms with van der Waals surface area (Å²) in [6.07, 6.45) is -0.199. The lowest BCUT2D eigenvalue weighted by atomic mass is 10.00. The van der Waals surface area contributed by atoms with Gasteiger partial charge >= 0.3 is 12.0 Å². The van der Waals surface area contributed by atoms with Gasteiger partial charge in [-0.05, 0) is 16.7 Å². The van der Waals surface area contributed by atoms with Crippen LogP contribution < -0.4 is 0 Å². The average molecular weight is 323 g/mol. The van der Waals surface area contributed by atoms with Crippen molar-refractivity contribution in [2.45, 2.75) is 24.8 Å². The van der Waals surface area contributed by atoms with Crippen molar-refractivity contribution in [2.24, 2.45) is 5.16 Å². The van der Waals surface area contributed by atoms with E-state index in [1.165, 1.54) is 6.33 Å². The van der Waals surface area contributed by atoms with Crippen molar-refractivity contribution in [3.05, 3.63) is 59.7 Å². The molecule has 1 atom stereocenters. The monoisotopic (exact) mass is 323 g/mol. The van der Waals surface area contributed by atoms with Gasteiger partial charge in [-0.25, -0.2) is 9.97 Å². The van der Waals surface area contributed by atoms with E-state index in [0.717, 1.165) is 11.1 Å². The highest BCUT2D eigenvalue weighted by Gasteiger charge is 2.60. The molecule has 5 nitrogen and oxygen atoms in total. The first-order valence-electron chi connectivity index (χ1n) is 6.75. The number of oxime groups is 1. The van der Waals surface area contributed by atoms with E-state index in [1.807, 2.05) is 0 Å². The molecule has 1 aliphatic rings. The molecular weight excluding hydrogens is 311 g/mol. The highest BCUT2D eigenvalue weighted by Crippen LogP contribution is 2.38. The summed E-state index contributed by atoms with van der Waals surface area (Å²) in [5, 5.41) is 12.8. The van der Waals surface area contributed by atoms with Gasteiger partial charge in [0, 0.05) is 18.8 Å². The molecule has 23 heavy (non-hydrogen) atoms. The van der Waals surface area contributed by atoms with Crippen LogP contribution in [0.4, 0.5) is 13.2 Å². The Morgan fingerprint density at radius 1 is 1.09 bits per heavy atom. The fourth-order valence-corrected chi connectivity index (χ4v) is 2.20. The normalized spacial score (nSPS) is 21.0. The Balaban J connectivity index is 1.71. The molecule has 2 heterocycles. The van der Waals surface area contributed by atoms with Crippen LogP contribution in [0.15, 0.2) is 48.1 Å². The summed E-state index contributed by atoms with van der Waals surface area (Å²) >= 11 is 0. The highest BCUT2D eigenvalue weighted by molar-refractivity contribution is 6.01. The van der Waals surface area contributed by atoms with Crippen LogP contribution in [-0.2, 0) is 11.3 Å². The molecule has 1 N–H and O–H groups in total. The standard InChI is InChI=1S/C15H12F3N3O2/c16-15(17,18)14(22)6-13(21-23-14)12-3-1-10(2-4-12)5-11-7-19-9-20-8-11/h1-4,7-9,22H,5-6H2. The fraction of sp³-hybridized carbons (Fsp3) is 0.267. The van der Waals surface area contributed by atoms with Crippen LogP contribution in [0.25, 0.3) is 0 Å². The maximum atomic E-state index is 12.7. The number of halogens is 3. The molecule has 0 bridgehead atoms. The molecule has 0 radical (unpaired) electrons. The van der Waals surface area contributed by atoms with E-state index in [0.29, 0.717) is 12.0 Å². The minimum atomic E-state index is -4.90. The van der Waals surface area contributed by atoms with Gasteiger partial charge in [-0.2, -0.15) is 13.2 Å². The molecule has 0 saturated heterocycles. The molecule has 1 aliphatic heterocycles. The van der Waals surface area contributed by atoms with Crippen LogP contribution in [0, 0.1) is 0 Å². The number of rotatable bonds is 3. The molecule has 1 aromatic carbocycles. The Kier molecular flexibility index (Phi) is 3.77. The van der Waals surface area contributed by atoms with Crippen molar-refractivity contribution in [1.29, 1.82) is 0 Å². The minimum Gasteiger partial charge on any atom is -0.350 e. The second-order valence-corrected chi connectivity index (χ2v) is 5.21. The molecule has 3 rings (SSSR count). The highest BCUT2D eigenvalue weighted by atomic mass is 19.4. The van der Waals surface area contributed by atoms with Crippen LogP contribution in [0.3, 0.4) is 0 Å².